The molecule has 2 aromatic heterocycles. The first kappa shape index (κ1) is 20.1. The van der Waals surface area contributed by atoms with Crippen LogP contribution in [0.2, 0.25) is 0 Å². The maximum Gasteiger partial charge on any atom is 0.330 e. The molecular weight excluding hydrogens is 370 g/mol. The third kappa shape index (κ3) is 5.90. The van der Waals surface area contributed by atoms with Gasteiger partial charge in [-0.1, -0.05) is 18.2 Å². The van der Waals surface area contributed by atoms with Crippen LogP contribution in [-0.2, 0) is 16.0 Å². The number of nitrogens with one attached hydrogen (secondary N) is 2. The van der Waals surface area contributed by atoms with Crippen LogP contribution >= 0.6 is 0 Å². The summed E-state index contributed by atoms with van der Waals surface area (Å²) in [6, 6.07) is 12.6. The monoisotopic (exact) mass is 393 g/mol. The van der Waals surface area contributed by atoms with Crippen molar-refractivity contribution < 1.29 is 14.3 Å². The fraction of sp³-hybridized carbons (Fsp3) is 0.238. The molecule has 0 aliphatic carbocycles. The number of nitrogens with zero attached hydrogens (tertiary/aromatic N) is 3. The molecule has 0 atom stereocenters. The summed E-state index contributed by atoms with van der Waals surface area (Å²) in [6.45, 7) is 2.62. The maximum atomic E-state index is 12.0. The van der Waals surface area contributed by atoms with Gasteiger partial charge < -0.3 is 15.4 Å². The maximum absolute atomic E-state index is 12.0. The molecule has 0 aliphatic heterocycles. The van der Waals surface area contributed by atoms with Crippen LogP contribution in [-0.4, -0.2) is 39.8 Å². The molecule has 0 aliphatic rings. The Morgan fingerprint density at radius 2 is 1.97 bits per heavy atom. The third-order valence-corrected chi connectivity index (χ3v) is 4.11. The van der Waals surface area contributed by atoms with E-state index in [1.807, 2.05) is 40.9 Å². The van der Waals surface area contributed by atoms with Gasteiger partial charge in [0.2, 0.25) is 0 Å². The highest BCUT2D eigenvalue weighted by molar-refractivity contribution is 5.90. The summed E-state index contributed by atoms with van der Waals surface area (Å²) in [7, 11) is 0. The molecule has 1 aromatic carbocycles. The van der Waals surface area contributed by atoms with Crippen molar-refractivity contribution in [1.29, 1.82) is 0 Å². The Hall–Kier alpha value is -3.68. The van der Waals surface area contributed by atoms with Gasteiger partial charge >= 0.3 is 12.0 Å². The zero-order chi connectivity index (χ0) is 20.5. The van der Waals surface area contributed by atoms with Gasteiger partial charge in [-0.05, 0) is 49.2 Å². The minimum absolute atomic E-state index is 0.272. The van der Waals surface area contributed by atoms with Crippen molar-refractivity contribution in [1.82, 2.24) is 19.9 Å². The van der Waals surface area contributed by atoms with E-state index in [-0.39, 0.29) is 12.0 Å². The minimum atomic E-state index is -0.381. The lowest BCUT2D eigenvalue weighted by Gasteiger charge is -2.07. The number of urea groups is 1. The predicted molar refractivity (Wildman–Crippen MR) is 110 cm³/mol. The molecule has 2 heterocycles. The average molecular weight is 393 g/mol. The number of fused-ring (bicyclic) bond motifs is 1. The Labute approximate surface area is 168 Å². The van der Waals surface area contributed by atoms with Gasteiger partial charge in [-0.15, -0.1) is 10.2 Å². The van der Waals surface area contributed by atoms with Crippen LogP contribution in [0.4, 0.5) is 10.5 Å². The second-order valence-electron chi connectivity index (χ2n) is 6.24. The standard InChI is InChI=1S/C21H23N5O3/c1-2-29-20(27)13-10-16-8-11-17(12-9-16)23-21(28)22-14-5-7-19-25-24-18-6-3-4-15-26(18)19/h3-4,6,8-13,15H,2,5,7,14H2,1H3,(H2,22,23,28). The van der Waals surface area contributed by atoms with Crippen molar-refractivity contribution in [3.8, 4) is 0 Å². The highest BCUT2D eigenvalue weighted by Gasteiger charge is 2.05. The quantitative estimate of drug-likeness (QED) is 0.348. The molecule has 0 unspecified atom stereocenters. The molecule has 0 radical (unpaired) electrons. The van der Waals surface area contributed by atoms with Crippen LogP contribution in [0.1, 0.15) is 24.7 Å². The first-order valence-electron chi connectivity index (χ1n) is 9.44. The van der Waals surface area contributed by atoms with Crippen LogP contribution in [0.15, 0.2) is 54.7 Å². The summed E-state index contributed by atoms with van der Waals surface area (Å²) in [5.41, 5.74) is 2.32. The van der Waals surface area contributed by atoms with Gasteiger partial charge in [0.15, 0.2) is 5.65 Å². The van der Waals surface area contributed by atoms with E-state index in [1.165, 1.54) is 6.08 Å². The van der Waals surface area contributed by atoms with E-state index in [1.54, 1.807) is 25.1 Å². The SMILES string of the molecule is CCOC(=O)C=Cc1ccc(NC(=O)NCCCc2nnc3ccccn23)cc1. The summed E-state index contributed by atoms with van der Waals surface area (Å²) in [5.74, 6) is 0.488. The van der Waals surface area contributed by atoms with Crippen molar-refractivity contribution in [2.24, 2.45) is 0 Å². The third-order valence-electron chi connectivity index (χ3n) is 4.11. The van der Waals surface area contributed by atoms with Gasteiger partial charge in [-0.2, -0.15) is 0 Å². The van der Waals surface area contributed by atoms with Crippen LogP contribution in [0, 0.1) is 0 Å². The molecule has 2 amide bonds. The van der Waals surface area contributed by atoms with E-state index in [0.29, 0.717) is 25.3 Å². The molecular formula is C21H23N5O3. The van der Waals surface area contributed by atoms with Crippen LogP contribution < -0.4 is 10.6 Å². The van der Waals surface area contributed by atoms with Crippen molar-refractivity contribution >= 4 is 29.4 Å². The topological polar surface area (TPSA) is 97.6 Å². The Bertz CT molecular complexity index is 995. The molecule has 0 saturated heterocycles. The lowest BCUT2D eigenvalue weighted by atomic mass is 10.2. The van der Waals surface area contributed by atoms with Gasteiger partial charge in [0, 0.05) is 30.9 Å². The second-order valence-corrected chi connectivity index (χ2v) is 6.24. The van der Waals surface area contributed by atoms with Gasteiger partial charge in [0.25, 0.3) is 0 Å². The van der Waals surface area contributed by atoms with E-state index in [0.717, 1.165) is 23.5 Å². The van der Waals surface area contributed by atoms with Crippen molar-refractivity contribution in [3.05, 3.63) is 66.1 Å². The molecule has 0 bridgehead atoms. The van der Waals surface area contributed by atoms with E-state index in [2.05, 4.69) is 20.8 Å². The van der Waals surface area contributed by atoms with Gasteiger partial charge in [-0.3, -0.25) is 4.40 Å². The molecule has 29 heavy (non-hydrogen) atoms. The summed E-state index contributed by atoms with van der Waals surface area (Å²) in [6.07, 6.45) is 6.43. The molecule has 150 valence electrons. The van der Waals surface area contributed by atoms with Crippen molar-refractivity contribution in [2.75, 3.05) is 18.5 Å². The molecule has 3 aromatic rings. The highest BCUT2D eigenvalue weighted by atomic mass is 16.5. The van der Waals surface area contributed by atoms with Gasteiger partial charge in [0.1, 0.15) is 5.82 Å². The normalized spacial score (nSPS) is 10.9. The number of hydrogen-bond donors (Lipinski definition) is 2. The molecule has 0 spiro atoms. The molecule has 2 N–H and O–H groups in total. The number of pyridine rings is 1. The number of carbonyl (C=O) groups excluding carboxylic acids is 2. The highest BCUT2D eigenvalue weighted by Crippen LogP contribution is 2.11. The van der Waals surface area contributed by atoms with Crippen LogP contribution in [0.3, 0.4) is 0 Å². The Kier molecular flexibility index (Phi) is 6.94. The van der Waals surface area contributed by atoms with Gasteiger partial charge in [-0.25, -0.2) is 9.59 Å². The number of aryl methyl sites for hydroxylation is 1. The Balaban J connectivity index is 1.40. The lowest BCUT2D eigenvalue weighted by molar-refractivity contribution is -0.137. The Morgan fingerprint density at radius 3 is 2.76 bits per heavy atom. The average Bonchev–Trinajstić information content (AvgIpc) is 3.14. The molecule has 0 fully saturated rings. The summed E-state index contributed by atoms with van der Waals surface area (Å²) in [5, 5.41) is 13.9. The van der Waals surface area contributed by atoms with E-state index < -0.39 is 0 Å². The minimum Gasteiger partial charge on any atom is -0.463 e. The van der Waals surface area contributed by atoms with Gasteiger partial charge in [0.05, 0.1) is 6.61 Å². The number of hydrogen-bond acceptors (Lipinski definition) is 5. The largest absolute Gasteiger partial charge is 0.463 e. The number of anilines is 1. The Morgan fingerprint density at radius 1 is 1.14 bits per heavy atom. The number of aromatic nitrogens is 3. The molecule has 8 nitrogen and oxygen atoms in total. The second kappa shape index (κ2) is 10.0. The zero-order valence-electron chi connectivity index (χ0n) is 16.2. The molecule has 8 heteroatoms. The summed E-state index contributed by atoms with van der Waals surface area (Å²) >= 11 is 0. The first-order chi connectivity index (χ1) is 14.2. The summed E-state index contributed by atoms with van der Waals surface area (Å²) < 4.78 is 6.77. The smallest absolute Gasteiger partial charge is 0.330 e. The number of carbonyl (C=O) groups is 2. The fourth-order valence-electron chi connectivity index (χ4n) is 2.72. The fourth-order valence-corrected chi connectivity index (χ4v) is 2.72. The van der Waals surface area contributed by atoms with Crippen LogP contribution in [0.25, 0.3) is 11.7 Å². The zero-order valence-corrected chi connectivity index (χ0v) is 16.2. The first-order valence-corrected chi connectivity index (χ1v) is 9.44. The predicted octanol–water partition coefficient (Wildman–Crippen LogP) is 3.06. The van der Waals surface area contributed by atoms with Crippen molar-refractivity contribution in [2.45, 2.75) is 19.8 Å². The van der Waals surface area contributed by atoms with Crippen LogP contribution in [0.5, 0.6) is 0 Å². The molecule has 3 rings (SSSR count). The van der Waals surface area contributed by atoms with E-state index in [4.69, 9.17) is 4.74 Å². The number of amides is 2. The van der Waals surface area contributed by atoms with E-state index >= 15 is 0 Å². The number of esters is 1. The number of rotatable bonds is 8. The summed E-state index contributed by atoms with van der Waals surface area (Å²) in [4.78, 5) is 23.3. The number of ether oxygens (including phenoxy) is 1. The van der Waals surface area contributed by atoms with Crippen molar-refractivity contribution in [3.63, 3.8) is 0 Å². The van der Waals surface area contributed by atoms with E-state index in [9.17, 15) is 9.59 Å². The number of benzene rings is 1. The lowest BCUT2D eigenvalue weighted by Crippen LogP contribution is -2.29. The molecule has 0 saturated carbocycles.